The fourth-order valence-corrected chi connectivity index (χ4v) is 4.87. The molecule has 3 aromatic heterocycles. The Morgan fingerprint density at radius 3 is 2.71 bits per heavy atom. The lowest BCUT2D eigenvalue weighted by molar-refractivity contribution is -0.114. The SMILES string of the molecule is CC.CC(=O)Nc1nc2c(s1)-c1c(c(-c3cccnc3)nn1-c1cccc(C)c1)CC2. The van der Waals surface area contributed by atoms with Gasteiger partial charge in [0.1, 0.15) is 0 Å². The second-order valence-electron chi connectivity index (χ2n) is 7.14. The number of aromatic nitrogens is 4. The summed E-state index contributed by atoms with van der Waals surface area (Å²) in [5.74, 6) is -0.112. The number of carbonyl (C=O) groups is 1. The van der Waals surface area contributed by atoms with Gasteiger partial charge in [-0.2, -0.15) is 5.10 Å². The van der Waals surface area contributed by atoms with Gasteiger partial charge >= 0.3 is 0 Å². The zero-order chi connectivity index (χ0) is 22.0. The first-order valence-corrected chi connectivity index (χ1v) is 11.3. The van der Waals surface area contributed by atoms with Crippen LogP contribution in [0.2, 0.25) is 0 Å². The molecule has 0 unspecified atom stereocenters. The number of hydrogen-bond acceptors (Lipinski definition) is 5. The Labute approximate surface area is 186 Å². The van der Waals surface area contributed by atoms with Crippen molar-refractivity contribution in [2.75, 3.05) is 5.32 Å². The van der Waals surface area contributed by atoms with Crippen LogP contribution < -0.4 is 5.32 Å². The standard InChI is InChI=1S/C22H19N5OS.C2H6/c1-13-5-3-7-16(11-13)27-20-17(19(26-27)15-6-4-10-23-12-15)8-9-18-21(20)29-22(25-18)24-14(2)28;1-2/h3-7,10-12H,8-9H2,1-2H3,(H,24,25,28);1-2H3. The highest BCUT2D eigenvalue weighted by atomic mass is 32.1. The molecule has 0 aliphatic heterocycles. The second-order valence-corrected chi connectivity index (χ2v) is 8.14. The van der Waals surface area contributed by atoms with Crippen LogP contribution in [0.3, 0.4) is 0 Å². The molecule has 4 aromatic rings. The van der Waals surface area contributed by atoms with E-state index in [0.717, 1.165) is 46.1 Å². The fourth-order valence-electron chi connectivity index (χ4n) is 3.76. The Bertz CT molecular complexity index is 1230. The highest BCUT2D eigenvalue weighted by molar-refractivity contribution is 7.19. The van der Waals surface area contributed by atoms with Crippen molar-refractivity contribution >= 4 is 22.4 Å². The molecule has 0 saturated heterocycles. The van der Waals surface area contributed by atoms with E-state index in [4.69, 9.17) is 5.10 Å². The molecule has 0 atom stereocenters. The predicted octanol–water partition coefficient (Wildman–Crippen LogP) is 5.45. The van der Waals surface area contributed by atoms with E-state index in [0.29, 0.717) is 5.13 Å². The number of hydrogen-bond donors (Lipinski definition) is 1. The van der Waals surface area contributed by atoms with Crippen LogP contribution in [0, 0.1) is 6.92 Å². The smallest absolute Gasteiger partial charge is 0.223 e. The van der Waals surface area contributed by atoms with Crippen LogP contribution in [0.1, 0.15) is 37.6 Å². The van der Waals surface area contributed by atoms with Gasteiger partial charge in [-0.15, -0.1) is 0 Å². The molecule has 3 heterocycles. The molecule has 1 amide bonds. The van der Waals surface area contributed by atoms with E-state index >= 15 is 0 Å². The van der Waals surface area contributed by atoms with Crippen LogP contribution in [0.15, 0.2) is 48.8 Å². The van der Waals surface area contributed by atoms with Crippen LogP contribution >= 0.6 is 11.3 Å². The Morgan fingerprint density at radius 2 is 2.00 bits per heavy atom. The summed E-state index contributed by atoms with van der Waals surface area (Å²) in [6.45, 7) is 7.58. The minimum Gasteiger partial charge on any atom is -0.302 e. The molecule has 5 rings (SSSR count). The van der Waals surface area contributed by atoms with Gasteiger partial charge in [-0.05, 0) is 49.6 Å². The van der Waals surface area contributed by atoms with Gasteiger partial charge in [-0.25, -0.2) is 9.67 Å². The van der Waals surface area contributed by atoms with Gasteiger partial charge in [-0.1, -0.05) is 37.3 Å². The summed E-state index contributed by atoms with van der Waals surface area (Å²) in [6.07, 6.45) is 5.30. The molecule has 0 saturated carbocycles. The molecular weight excluding hydrogens is 406 g/mol. The number of pyridine rings is 1. The van der Waals surface area contributed by atoms with Gasteiger partial charge in [0.25, 0.3) is 0 Å². The summed E-state index contributed by atoms with van der Waals surface area (Å²) >= 11 is 1.51. The van der Waals surface area contributed by atoms with E-state index in [2.05, 4.69) is 40.4 Å². The van der Waals surface area contributed by atoms with Gasteiger partial charge < -0.3 is 5.32 Å². The first kappa shape index (κ1) is 20.9. The van der Waals surface area contributed by atoms with E-state index in [1.165, 1.54) is 29.4 Å². The Morgan fingerprint density at radius 1 is 1.16 bits per heavy atom. The fraction of sp³-hybridized carbons (Fsp3) is 0.250. The Hall–Kier alpha value is -3.32. The number of nitrogens with one attached hydrogen (secondary N) is 1. The molecule has 1 N–H and O–H groups in total. The molecule has 0 fully saturated rings. The second kappa shape index (κ2) is 8.81. The maximum atomic E-state index is 11.5. The zero-order valence-electron chi connectivity index (χ0n) is 18.1. The van der Waals surface area contributed by atoms with Crippen molar-refractivity contribution in [1.82, 2.24) is 19.7 Å². The molecule has 0 radical (unpaired) electrons. The van der Waals surface area contributed by atoms with Gasteiger partial charge in [0, 0.05) is 30.4 Å². The maximum Gasteiger partial charge on any atom is 0.223 e. The molecule has 7 heteroatoms. The molecule has 31 heavy (non-hydrogen) atoms. The van der Waals surface area contributed by atoms with E-state index in [-0.39, 0.29) is 5.91 Å². The number of aryl methyl sites for hydroxylation is 2. The number of rotatable bonds is 3. The third-order valence-electron chi connectivity index (χ3n) is 4.97. The highest BCUT2D eigenvalue weighted by Crippen LogP contribution is 2.44. The lowest BCUT2D eigenvalue weighted by Crippen LogP contribution is -2.07. The average molecular weight is 432 g/mol. The van der Waals surface area contributed by atoms with Crippen molar-refractivity contribution in [1.29, 1.82) is 0 Å². The van der Waals surface area contributed by atoms with E-state index < -0.39 is 0 Å². The van der Waals surface area contributed by atoms with Crippen LogP contribution in [0.4, 0.5) is 5.13 Å². The Balaban J connectivity index is 0.00000112. The molecule has 1 aromatic carbocycles. The molecular formula is C24H25N5OS. The first-order valence-electron chi connectivity index (χ1n) is 10.5. The van der Waals surface area contributed by atoms with Gasteiger partial charge in [0.2, 0.25) is 5.91 Å². The highest BCUT2D eigenvalue weighted by Gasteiger charge is 2.29. The molecule has 1 aliphatic carbocycles. The zero-order valence-corrected chi connectivity index (χ0v) is 19.0. The van der Waals surface area contributed by atoms with Gasteiger partial charge in [-0.3, -0.25) is 9.78 Å². The molecule has 0 bridgehead atoms. The van der Waals surface area contributed by atoms with Crippen molar-refractivity contribution in [3.63, 3.8) is 0 Å². The average Bonchev–Trinajstić information content (AvgIpc) is 3.36. The number of fused-ring (bicyclic) bond motifs is 3. The number of amides is 1. The maximum absolute atomic E-state index is 11.5. The number of nitrogens with zero attached hydrogens (tertiary/aromatic N) is 4. The summed E-state index contributed by atoms with van der Waals surface area (Å²) in [7, 11) is 0. The number of thiazole rings is 1. The third-order valence-corrected chi connectivity index (χ3v) is 5.99. The summed E-state index contributed by atoms with van der Waals surface area (Å²) < 4.78 is 2.01. The number of benzene rings is 1. The van der Waals surface area contributed by atoms with Crippen molar-refractivity contribution in [3.05, 3.63) is 65.6 Å². The monoisotopic (exact) mass is 431 g/mol. The first-order chi connectivity index (χ1) is 15.1. The van der Waals surface area contributed by atoms with Gasteiger partial charge in [0.05, 0.1) is 27.6 Å². The molecule has 158 valence electrons. The predicted molar refractivity (Wildman–Crippen MR) is 126 cm³/mol. The quantitative estimate of drug-likeness (QED) is 0.468. The summed E-state index contributed by atoms with van der Waals surface area (Å²) in [5.41, 5.74) is 7.42. The van der Waals surface area contributed by atoms with Crippen LogP contribution in [-0.2, 0) is 17.6 Å². The molecule has 6 nitrogen and oxygen atoms in total. The van der Waals surface area contributed by atoms with Crippen molar-refractivity contribution < 1.29 is 4.79 Å². The van der Waals surface area contributed by atoms with E-state index in [1.54, 1.807) is 6.20 Å². The van der Waals surface area contributed by atoms with E-state index in [9.17, 15) is 4.79 Å². The third kappa shape index (κ3) is 4.01. The van der Waals surface area contributed by atoms with Gasteiger partial charge in [0.15, 0.2) is 5.13 Å². The van der Waals surface area contributed by atoms with Crippen LogP contribution in [0.5, 0.6) is 0 Å². The summed E-state index contributed by atoms with van der Waals surface area (Å²) in [4.78, 5) is 21.5. The Kier molecular flexibility index (Phi) is 5.95. The van der Waals surface area contributed by atoms with E-state index in [1.807, 2.05) is 42.9 Å². The minimum absolute atomic E-state index is 0.112. The lowest BCUT2D eigenvalue weighted by atomic mass is 9.95. The number of carbonyl (C=O) groups excluding carboxylic acids is 1. The topological polar surface area (TPSA) is 72.7 Å². The summed E-state index contributed by atoms with van der Waals surface area (Å²) in [6, 6.07) is 12.3. The minimum atomic E-state index is -0.112. The van der Waals surface area contributed by atoms with Crippen molar-refractivity contribution in [2.24, 2.45) is 0 Å². The molecule has 0 spiro atoms. The van der Waals surface area contributed by atoms with Crippen LogP contribution in [0.25, 0.3) is 27.5 Å². The normalized spacial score (nSPS) is 11.7. The summed E-state index contributed by atoms with van der Waals surface area (Å²) in [5, 5.41) is 8.47. The lowest BCUT2D eigenvalue weighted by Gasteiger charge is -2.14. The molecule has 1 aliphatic rings. The van der Waals surface area contributed by atoms with Crippen molar-refractivity contribution in [2.45, 2.75) is 40.5 Å². The van der Waals surface area contributed by atoms with Crippen molar-refractivity contribution in [3.8, 4) is 27.5 Å². The largest absolute Gasteiger partial charge is 0.302 e. The van der Waals surface area contributed by atoms with Crippen LogP contribution in [-0.4, -0.2) is 25.7 Å². The number of anilines is 1.